The van der Waals surface area contributed by atoms with E-state index in [0.717, 1.165) is 27.4 Å². The van der Waals surface area contributed by atoms with E-state index >= 15 is 8.78 Å². The molecule has 0 saturated carbocycles. The summed E-state index contributed by atoms with van der Waals surface area (Å²) in [7, 11) is 0. The molecular formula is C27H30F3N3O3. The second-order valence-corrected chi connectivity index (χ2v) is 10.8. The van der Waals surface area contributed by atoms with Crippen molar-refractivity contribution in [2.45, 2.75) is 57.5 Å². The lowest BCUT2D eigenvalue weighted by Crippen LogP contribution is -2.51. The second-order valence-electron chi connectivity index (χ2n) is 10.8. The molecule has 1 amide bonds. The van der Waals surface area contributed by atoms with Crippen LogP contribution in [0.25, 0.3) is 10.9 Å². The van der Waals surface area contributed by atoms with Gasteiger partial charge in [0.1, 0.15) is 17.7 Å². The van der Waals surface area contributed by atoms with Gasteiger partial charge in [0.25, 0.3) is 0 Å². The minimum Gasteiger partial charge on any atom is -0.481 e. The third-order valence-electron chi connectivity index (χ3n) is 7.53. The second kappa shape index (κ2) is 8.80. The molecule has 1 aliphatic carbocycles. The number of aromatic nitrogens is 1. The number of aromatic amines is 1. The SMILES string of the molecule is C[C@@H]1Cc2c([nH]c3ccccc23)[C@@H](C2C(F)=CC(N3CC(C(=O)O)CC3=O)=CC2F)N1CC(C)(C)F. The lowest BCUT2D eigenvalue weighted by molar-refractivity contribution is -0.141. The summed E-state index contributed by atoms with van der Waals surface area (Å²) in [5.74, 6) is -4.52. The highest BCUT2D eigenvalue weighted by atomic mass is 19.1. The monoisotopic (exact) mass is 501 g/mol. The highest BCUT2D eigenvalue weighted by Crippen LogP contribution is 2.47. The van der Waals surface area contributed by atoms with E-state index in [4.69, 9.17) is 0 Å². The summed E-state index contributed by atoms with van der Waals surface area (Å²) >= 11 is 0. The highest BCUT2D eigenvalue weighted by molar-refractivity contribution is 5.88. The Morgan fingerprint density at radius 3 is 2.61 bits per heavy atom. The molecule has 3 heterocycles. The van der Waals surface area contributed by atoms with Gasteiger partial charge in [0, 0.05) is 47.8 Å². The summed E-state index contributed by atoms with van der Waals surface area (Å²) < 4.78 is 46.7. The standard InChI is InChI=1S/C27H30F3N3O3/c1-14-8-18-17-6-4-5-7-21(17)31-24(18)25(33(14)13-27(2,3)30)23-19(28)10-16(11-20(23)29)32-12-15(26(35)36)9-22(32)34/h4-7,10-11,14-15,19,23,25,31H,8-9,12-13H2,1-3H3,(H,35,36)/t14-,15?,19?,23?,25-/m1/s1. The van der Waals surface area contributed by atoms with Crippen LogP contribution in [-0.4, -0.2) is 62.7 Å². The molecule has 2 aromatic rings. The van der Waals surface area contributed by atoms with Gasteiger partial charge < -0.3 is 15.0 Å². The fourth-order valence-electron chi connectivity index (χ4n) is 5.94. The Hall–Kier alpha value is -3.07. The van der Waals surface area contributed by atoms with Crippen molar-refractivity contribution in [3.8, 4) is 0 Å². The molecule has 2 N–H and O–H groups in total. The number of carboxylic acid groups (broad SMARTS) is 1. The number of para-hydroxylation sites is 1. The molecule has 1 saturated heterocycles. The highest BCUT2D eigenvalue weighted by Gasteiger charge is 2.47. The van der Waals surface area contributed by atoms with Gasteiger partial charge in [0.05, 0.1) is 17.9 Å². The van der Waals surface area contributed by atoms with Crippen molar-refractivity contribution >= 4 is 22.8 Å². The molecule has 3 unspecified atom stereocenters. The number of carbonyl (C=O) groups is 2. The number of rotatable bonds is 5. The number of allylic oxidation sites excluding steroid dienone is 2. The molecule has 5 rings (SSSR count). The van der Waals surface area contributed by atoms with Gasteiger partial charge in [-0.05, 0) is 51.0 Å². The molecule has 192 valence electrons. The van der Waals surface area contributed by atoms with Crippen LogP contribution in [0.1, 0.15) is 44.5 Å². The molecule has 1 fully saturated rings. The molecule has 1 aromatic heterocycles. The number of likely N-dealkylation sites (tertiary alicyclic amines) is 1. The van der Waals surface area contributed by atoms with Gasteiger partial charge in [-0.2, -0.15) is 0 Å². The Balaban J connectivity index is 1.55. The average molecular weight is 502 g/mol. The maximum absolute atomic E-state index is 15.9. The number of hydrogen-bond acceptors (Lipinski definition) is 3. The van der Waals surface area contributed by atoms with E-state index in [-0.39, 0.29) is 31.2 Å². The minimum absolute atomic E-state index is 0.00832. The molecule has 6 nitrogen and oxygen atoms in total. The first kappa shape index (κ1) is 24.6. The van der Waals surface area contributed by atoms with Crippen LogP contribution in [-0.2, 0) is 16.0 Å². The topological polar surface area (TPSA) is 76.6 Å². The van der Waals surface area contributed by atoms with Crippen LogP contribution < -0.4 is 0 Å². The molecule has 0 radical (unpaired) electrons. The quantitative estimate of drug-likeness (QED) is 0.615. The number of aliphatic carboxylic acids is 1. The maximum atomic E-state index is 15.9. The Labute approximate surface area is 207 Å². The third kappa shape index (κ3) is 4.23. The van der Waals surface area contributed by atoms with Gasteiger partial charge in [0.15, 0.2) is 0 Å². The zero-order chi connectivity index (χ0) is 25.9. The van der Waals surface area contributed by atoms with E-state index in [1.54, 1.807) is 0 Å². The van der Waals surface area contributed by atoms with E-state index in [2.05, 4.69) is 4.98 Å². The summed E-state index contributed by atoms with van der Waals surface area (Å²) in [6.45, 7) is 4.71. The normalized spacial score (nSPS) is 29.3. The number of carboxylic acids is 1. The first-order valence-corrected chi connectivity index (χ1v) is 12.2. The van der Waals surface area contributed by atoms with Crippen LogP contribution >= 0.6 is 0 Å². The molecule has 9 heteroatoms. The predicted octanol–water partition coefficient (Wildman–Crippen LogP) is 4.84. The molecule has 36 heavy (non-hydrogen) atoms. The van der Waals surface area contributed by atoms with Crippen LogP contribution in [0.15, 0.2) is 47.9 Å². The smallest absolute Gasteiger partial charge is 0.308 e. The van der Waals surface area contributed by atoms with E-state index in [0.29, 0.717) is 12.1 Å². The van der Waals surface area contributed by atoms with E-state index in [1.807, 2.05) is 36.1 Å². The van der Waals surface area contributed by atoms with Gasteiger partial charge in [0.2, 0.25) is 5.91 Å². The maximum Gasteiger partial charge on any atom is 0.308 e. The minimum atomic E-state index is -1.80. The number of nitrogens with zero attached hydrogens (tertiary/aromatic N) is 2. The van der Waals surface area contributed by atoms with Crippen molar-refractivity contribution in [1.29, 1.82) is 0 Å². The molecule has 2 aliphatic heterocycles. The van der Waals surface area contributed by atoms with Crippen LogP contribution in [0.5, 0.6) is 0 Å². The predicted molar refractivity (Wildman–Crippen MR) is 129 cm³/mol. The Morgan fingerprint density at radius 2 is 1.97 bits per heavy atom. The van der Waals surface area contributed by atoms with Crippen molar-refractivity contribution in [2.24, 2.45) is 11.8 Å². The number of amides is 1. The lowest BCUT2D eigenvalue weighted by atomic mass is 9.80. The number of alkyl halides is 2. The summed E-state index contributed by atoms with van der Waals surface area (Å²) in [5.41, 5.74) is 0.948. The van der Waals surface area contributed by atoms with Crippen molar-refractivity contribution in [3.05, 3.63) is 59.2 Å². The van der Waals surface area contributed by atoms with Crippen LogP contribution in [0.4, 0.5) is 13.2 Å². The van der Waals surface area contributed by atoms with Gasteiger partial charge in [-0.25, -0.2) is 13.2 Å². The van der Waals surface area contributed by atoms with E-state index in [9.17, 15) is 19.1 Å². The number of carbonyl (C=O) groups excluding carboxylic acids is 1. The number of nitrogens with one attached hydrogen (secondary N) is 1. The zero-order valence-corrected chi connectivity index (χ0v) is 20.5. The summed E-state index contributed by atoms with van der Waals surface area (Å²) in [6, 6.07) is 6.72. The first-order valence-electron chi connectivity index (χ1n) is 12.2. The van der Waals surface area contributed by atoms with Crippen LogP contribution in [0, 0.1) is 11.8 Å². The Bertz CT molecular complexity index is 1280. The number of H-pyrrole nitrogens is 1. The summed E-state index contributed by atoms with van der Waals surface area (Å²) in [4.78, 5) is 30.1. The molecular weight excluding hydrogens is 471 g/mol. The Morgan fingerprint density at radius 1 is 1.25 bits per heavy atom. The fraction of sp³-hybridized carbons (Fsp3) is 0.481. The van der Waals surface area contributed by atoms with Crippen molar-refractivity contribution in [2.75, 3.05) is 13.1 Å². The molecule has 5 atom stereocenters. The number of benzene rings is 1. The largest absolute Gasteiger partial charge is 0.481 e. The number of fused-ring (bicyclic) bond motifs is 3. The zero-order valence-electron chi connectivity index (χ0n) is 20.5. The van der Waals surface area contributed by atoms with Crippen molar-refractivity contribution in [1.82, 2.24) is 14.8 Å². The fourth-order valence-corrected chi connectivity index (χ4v) is 5.94. The van der Waals surface area contributed by atoms with Crippen molar-refractivity contribution < 1.29 is 27.9 Å². The number of halogens is 3. The molecule has 0 spiro atoms. The van der Waals surface area contributed by atoms with Crippen LogP contribution in [0.3, 0.4) is 0 Å². The third-order valence-corrected chi connectivity index (χ3v) is 7.53. The van der Waals surface area contributed by atoms with E-state index < -0.39 is 47.4 Å². The summed E-state index contributed by atoms with van der Waals surface area (Å²) in [6.07, 6.45) is 0.919. The first-order chi connectivity index (χ1) is 16.9. The van der Waals surface area contributed by atoms with E-state index in [1.165, 1.54) is 19.9 Å². The van der Waals surface area contributed by atoms with Gasteiger partial charge >= 0.3 is 5.97 Å². The van der Waals surface area contributed by atoms with Gasteiger partial charge in [-0.3, -0.25) is 14.5 Å². The van der Waals surface area contributed by atoms with Crippen molar-refractivity contribution in [3.63, 3.8) is 0 Å². The van der Waals surface area contributed by atoms with Gasteiger partial charge in [-0.15, -0.1) is 0 Å². The average Bonchev–Trinajstić information content (AvgIpc) is 3.35. The number of hydrogen-bond donors (Lipinski definition) is 2. The summed E-state index contributed by atoms with van der Waals surface area (Å²) in [5, 5.41) is 10.2. The molecule has 1 aromatic carbocycles. The molecule has 3 aliphatic rings. The lowest BCUT2D eigenvalue weighted by Gasteiger charge is -2.46. The Kier molecular flexibility index (Phi) is 6.01. The van der Waals surface area contributed by atoms with Crippen LogP contribution in [0.2, 0.25) is 0 Å². The molecule has 0 bridgehead atoms. The van der Waals surface area contributed by atoms with Gasteiger partial charge in [-0.1, -0.05) is 18.2 Å².